The van der Waals surface area contributed by atoms with Crippen molar-refractivity contribution in [3.8, 4) is 0 Å². The molecule has 0 fully saturated rings. The molecule has 0 aromatic heterocycles. The summed E-state index contributed by atoms with van der Waals surface area (Å²) in [5.74, 6) is 0.864. The van der Waals surface area contributed by atoms with Gasteiger partial charge in [0.15, 0.2) is 0 Å². The lowest BCUT2D eigenvalue weighted by Gasteiger charge is -2.55. The van der Waals surface area contributed by atoms with E-state index >= 15 is 0 Å². The van der Waals surface area contributed by atoms with E-state index in [4.69, 9.17) is 4.43 Å². The standard InChI is InChI=1S/C20H38N2OSi/c1-16(2)19(21(5)6)20(17(3)4,22(7)8)23-24(9,10)18-14-12-11-13-15-18/h11-17,19H,1-10H3. The monoisotopic (exact) mass is 350 g/mol. The number of rotatable bonds is 8. The minimum Gasteiger partial charge on any atom is -0.393 e. The Morgan fingerprint density at radius 1 is 0.917 bits per heavy atom. The van der Waals surface area contributed by atoms with Crippen LogP contribution >= 0.6 is 0 Å². The average Bonchev–Trinajstić information content (AvgIpc) is 2.45. The van der Waals surface area contributed by atoms with Crippen molar-refractivity contribution in [2.45, 2.75) is 52.6 Å². The summed E-state index contributed by atoms with van der Waals surface area (Å²) in [6.07, 6.45) is 0. The number of hydrogen-bond donors (Lipinski definition) is 0. The van der Waals surface area contributed by atoms with E-state index < -0.39 is 8.32 Å². The highest BCUT2D eigenvalue weighted by molar-refractivity contribution is 6.84. The summed E-state index contributed by atoms with van der Waals surface area (Å²) in [4.78, 5) is 4.64. The van der Waals surface area contributed by atoms with Gasteiger partial charge in [0.1, 0.15) is 5.72 Å². The van der Waals surface area contributed by atoms with Gasteiger partial charge in [-0.1, -0.05) is 58.0 Å². The second kappa shape index (κ2) is 8.13. The Bertz CT molecular complexity index is 482. The minimum atomic E-state index is -2.06. The van der Waals surface area contributed by atoms with Gasteiger partial charge in [-0.2, -0.15) is 0 Å². The van der Waals surface area contributed by atoms with Gasteiger partial charge in [0.2, 0.25) is 8.32 Å². The molecule has 0 radical (unpaired) electrons. The van der Waals surface area contributed by atoms with E-state index in [0.29, 0.717) is 17.9 Å². The lowest BCUT2D eigenvalue weighted by atomic mass is 9.83. The van der Waals surface area contributed by atoms with Crippen LogP contribution in [0.5, 0.6) is 0 Å². The number of likely N-dealkylation sites (N-methyl/N-ethyl adjacent to an activating group) is 2. The van der Waals surface area contributed by atoms with Gasteiger partial charge in [-0.25, -0.2) is 0 Å². The highest BCUT2D eigenvalue weighted by Crippen LogP contribution is 2.37. The molecule has 0 aliphatic rings. The molecule has 2 unspecified atom stereocenters. The first-order valence-corrected chi connectivity index (χ1v) is 12.0. The molecule has 1 aromatic rings. The van der Waals surface area contributed by atoms with Crippen LogP contribution in [0.1, 0.15) is 27.7 Å². The second-order valence-corrected chi connectivity index (χ2v) is 12.2. The molecule has 1 aromatic carbocycles. The first-order valence-electron chi connectivity index (χ1n) is 9.06. The predicted molar refractivity (Wildman–Crippen MR) is 108 cm³/mol. The maximum Gasteiger partial charge on any atom is 0.220 e. The number of hydrogen-bond acceptors (Lipinski definition) is 3. The Hall–Kier alpha value is -0.683. The van der Waals surface area contributed by atoms with E-state index in [1.54, 1.807) is 0 Å². The summed E-state index contributed by atoms with van der Waals surface area (Å²) in [7, 11) is 6.60. The van der Waals surface area contributed by atoms with Gasteiger partial charge in [-0.15, -0.1) is 0 Å². The highest BCUT2D eigenvalue weighted by atomic mass is 28.4. The molecule has 1 rings (SSSR count). The Kier molecular flexibility index (Phi) is 7.24. The molecule has 0 N–H and O–H groups in total. The van der Waals surface area contributed by atoms with Crippen LogP contribution in [-0.4, -0.2) is 58.1 Å². The van der Waals surface area contributed by atoms with Gasteiger partial charge >= 0.3 is 0 Å². The van der Waals surface area contributed by atoms with Crippen molar-refractivity contribution < 1.29 is 4.43 Å². The molecule has 2 atom stereocenters. The molecule has 4 heteroatoms. The fraction of sp³-hybridized carbons (Fsp3) is 0.700. The maximum absolute atomic E-state index is 7.14. The Labute approximate surface area is 151 Å². The van der Waals surface area contributed by atoms with Crippen LogP contribution in [0.4, 0.5) is 0 Å². The molecule has 0 heterocycles. The van der Waals surface area contributed by atoms with Crippen LogP contribution in [0.15, 0.2) is 30.3 Å². The number of benzene rings is 1. The molecule has 3 nitrogen and oxygen atoms in total. The Morgan fingerprint density at radius 2 is 1.42 bits per heavy atom. The summed E-state index contributed by atoms with van der Waals surface area (Å²) in [5, 5.41) is 1.35. The fourth-order valence-corrected chi connectivity index (χ4v) is 6.61. The van der Waals surface area contributed by atoms with E-state index in [9.17, 15) is 0 Å². The molecule has 0 spiro atoms. The van der Waals surface area contributed by atoms with Crippen LogP contribution in [0, 0.1) is 11.8 Å². The van der Waals surface area contributed by atoms with Gasteiger partial charge in [0.25, 0.3) is 0 Å². The zero-order valence-electron chi connectivity index (χ0n) is 17.4. The smallest absolute Gasteiger partial charge is 0.220 e. The van der Waals surface area contributed by atoms with Gasteiger partial charge < -0.3 is 9.33 Å². The molecule has 0 bridgehead atoms. The molecule has 138 valence electrons. The zero-order chi connectivity index (χ0) is 18.7. The SMILES string of the molecule is CC(C)C(N(C)C)C(O[Si](C)(C)c1ccccc1)(C(C)C)N(C)C. The first-order chi connectivity index (χ1) is 11.0. The van der Waals surface area contributed by atoms with Crippen LogP contribution in [0.25, 0.3) is 0 Å². The summed E-state index contributed by atoms with van der Waals surface area (Å²) in [5.41, 5.74) is -0.330. The molecule has 0 saturated heterocycles. The predicted octanol–water partition coefficient (Wildman–Crippen LogP) is 3.62. The van der Waals surface area contributed by atoms with Gasteiger partial charge in [-0.05, 0) is 58.3 Å². The van der Waals surface area contributed by atoms with Crippen LogP contribution < -0.4 is 5.19 Å². The molecule has 0 saturated carbocycles. The summed E-state index contributed by atoms with van der Waals surface area (Å²) < 4.78 is 7.14. The Balaban J connectivity index is 3.43. The largest absolute Gasteiger partial charge is 0.393 e. The lowest BCUT2D eigenvalue weighted by molar-refractivity contribution is -0.159. The molecule has 0 amide bonds. The van der Waals surface area contributed by atoms with Crippen molar-refractivity contribution in [3.63, 3.8) is 0 Å². The second-order valence-electron chi connectivity index (χ2n) is 8.43. The zero-order valence-corrected chi connectivity index (χ0v) is 18.4. The fourth-order valence-electron chi connectivity index (χ4n) is 4.14. The van der Waals surface area contributed by atoms with E-state index in [2.05, 4.69) is 109 Å². The topological polar surface area (TPSA) is 15.7 Å². The maximum atomic E-state index is 7.14. The van der Waals surface area contributed by atoms with Crippen molar-refractivity contribution in [1.29, 1.82) is 0 Å². The molecule has 0 aliphatic carbocycles. The molecular weight excluding hydrogens is 312 g/mol. The third-order valence-electron chi connectivity index (χ3n) is 5.03. The molecule has 0 aliphatic heterocycles. The number of nitrogens with zero attached hydrogens (tertiary/aromatic N) is 2. The van der Waals surface area contributed by atoms with E-state index in [-0.39, 0.29) is 5.72 Å². The van der Waals surface area contributed by atoms with Crippen molar-refractivity contribution in [2.24, 2.45) is 11.8 Å². The normalized spacial score (nSPS) is 16.9. The van der Waals surface area contributed by atoms with Gasteiger partial charge in [0, 0.05) is 0 Å². The quantitative estimate of drug-likeness (QED) is 0.526. The van der Waals surface area contributed by atoms with Crippen LogP contribution in [0.2, 0.25) is 13.1 Å². The summed E-state index contributed by atoms with van der Waals surface area (Å²) in [6.45, 7) is 13.8. The molecule has 24 heavy (non-hydrogen) atoms. The van der Waals surface area contributed by atoms with E-state index in [1.165, 1.54) is 5.19 Å². The van der Waals surface area contributed by atoms with Crippen LogP contribution in [0.3, 0.4) is 0 Å². The van der Waals surface area contributed by atoms with Crippen molar-refractivity contribution in [1.82, 2.24) is 9.80 Å². The summed E-state index contributed by atoms with van der Waals surface area (Å²) in [6, 6.07) is 11.0. The molecular formula is C20H38N2OSi. The van der Waals surface area contributed by atoms with Crippen molar-refractivity contribution in [3.05, 3.63) is 30.3 Å². The lowest BCUT2D eigenvalue weighted by Crippen LogP contribution is -2.69. The van der Waals surface area contributed by atoms with Crippen molar-refractivity contribution in [2.75, 3.05) is 28.2 Å². The average molecular weight is 351 g/mol. The Morgan fingerprint density at radius 3 is 1.75 bits per heavy atom. The highest BCUT2D eigenvalue weighted by Gasteiger charge is 2.50. The third kappa shape index (κ3) is 4.28. The minimum absolute atomic E-state index is 0.308. The van der Waals surface area contributed by atoms with E-state index in [0.717, 1.165) is 0 Å². The summed E-state index contributed by atoms with van der Waals surface area (Å²) >= 11 is 0. The van der Waals surface area contributed by atoms with Crippen molar-refractivity contribution >= 4 is 13.5 Å². The van der Waals surface area contributed by atoms with E-state index in [1.807, 2.05) is 0 Å². The van der Waals surface area contributed by atoms with Gasteiger partial charge in [-0.3, -0.25) is 4.90 Å². The third-order valence-corrected chi connectivity index (χ3v) is 7.59. The van der Waals surface area contributed by atoms with Crippen LogP contribution in [-0.2, 0) is 4.43 Å². The van der Waals surface area contributed by atoms with Gasteiger partial charge in [0.05, 0.1) is 6.04 Å². The first kappa shape index (κ1) is 21.4.